The minimum Gasteiger partial charge on any atom is -0.377 e. The van der Waals surface area contributed by atoms with Gasteiger partial charge in [-0.3, -0.25) is 4.79 Å². The van der Waals surface area contributed by atoms with Crippen LogP contribution in [0.2, 0.25) is 0 Å². The molecule has 2 rings (SSSR count). The molecule has 1 aliphatic carbocycles. The Labute approximate surface area is 110 Å². The van der Waals surface area contributed by atoms with E-state index in [-0.39, 0.29) is 12.0 Å². The Morgan fingerprint density at radius 1 is 1.39 bits per heavy atom. The van der Waals surface area contributed by atoms with Gasteiger partial charge in [0.25, 0.3) is 0 Å². The lowest BCUT2D eigenvalue weighted by atomic mass is 9.80. The van der Waals surface area contributed by atoms with Crippen LogP contribution in [0, 0.1) is 11.8 Å². The van der Waals surface area contributed by atoms with Gasteiger partial charge in [0, 0.05) is 25.6 Å². The van der Waals surface area contributed by atoms with Gasteiger partial charge in [0.15, 0.2) is 0 Å². The molecular formula is C14H26N2O2. The maximum absolute atomic E-state index is 12.5. The molecule has 1 aliphatic heterocycles. The Morgan fingerprint density at radius 2 is 2.22 bits per heavy atom. The van der Waals surface area contributed by atoms with Crippen LogP contribution in [0.1, 0.15) is 39.0 Å². The summed E-state index contributed by atoms with van der Waals surface area (Å²) in [6.07, 6.45) is 5.51. The van der Waals surface area contributed by atoms with E-state index in [1.165, 1.54) is 6.42 Å². The molecule has 2 aliphatic rings. The van der Waals surface area contributed by atoms with Gasteiger partial charge in [-0.15, -0.1) is 0 Å². The monoisotopic (exact) mass is 254 g/mol. The largest absolute Gasteiger partial charge is 0.377 e. The molecule has 3 atom stereocenters. The molecule has 4 nitrogen and oxygen atoms in total. The second kappa shape index (κ2) is 6.53. The van der Waals surface area contributed by atoms with Crippen LogP contribution in [0.5, 0.6) is 0 Å². The number of amides is 1. The SMILES string of the molecule is CC1CN(C(=O)C2CCCC(CN)C2)CCCO1. The summed E-state index contributed by atoms with van der Waals surface area (Å²) in [7, 11) is 0. The van der Waals surface area contributed by atoms with Gasteiger partial charge in [0.05, 0.1) is 6.10 Å². The zero-order valence-electron chi connectivity index (χ0n) is 11.4. The molecule has 0 radical (unpaired) electrons. The van der Waals surface area contributed by atoms with Crippen LogP contribution >= 0.6 is 0 Å². The van der Waals surface area contributed by atoms with Crippen LogP contribution in [0.25, 0.3) is 0 Å². The molecule has 2 fully saturated rings. The summed E-state index contributed by atoms with van der Waals surface area (Å²) in [5.41, 5.74) is 5.75. The van der Waals surface area contributed by atoms with Crippen LogP contribution in [0.15, 0.2) is 0 Å². The van der Waals surface area contributed by atoms with Gasteiger partial charge < -0.3 is 15.4 Å². The lowest BCUT2D eigenvalue weighted by Crippen LogP contribution is -2.41. The molecule has 0 bridgehead atoms. The summed E-state index contributed by atoms with van der Waals surface area (Å²) in [6.45, 7) is 5.16. The normalized spacial score (nSPS) is 34.1. The number of carbonyl (C=O) groups is 1. The van der Waals surface area contributed by atoms with Crippen molar-refractivity contribution in [1.82, 2.24) is 4.90 Å². The number of rotatable bonds is 2. The average molecular weight is 254 g/mol. The van der Waals surface area contributed by atoms with Crippen LogP contribution < -0.4 is 5.73 Å². The first-order chi connectivity index (χ1) is 8.70. The summed E-state index contributed by atoms with van der Waals surface area (Å²) < 4.78 is 5.60. The molecular weight excluding hydrogens is 228 g/mol. The molecule has 4 heteroatoms. The molecule has 3 unspecified atom stereocenters. The van der Waals surface area contributed by atoms with Gasteiger partial charge in [-0.2, -0.15) is 0 Å². The minimum atomic E-state index is 0.172. The summed E-state index contributed by atoms with van der Waals surface area (Å²) in [4.78, 5) is 14.6. The number of hydrogen-bond donors (Lipinski definition) is 1. The standard InChI is InChI=1S/C14H26N2O2/c1-11-10-16(6-3-7-18-11)14(17)13-5-2-4-12(8-13)9-15/h11-13H,2-10,15H2,1H3. The molecule has 2 N–H and O–H groups in total. The molecule has 1 heterocycles. The lowest BCUT2D eigenvalue weighted by Gasteiger charge is -2.32. The van der Waals surface area contributed by atoms with Crippen molar-refractivity contribution in [2.75, 3.05) is 26.2 Å². The smallest absolute Gasteiger partial charge is 0.225 e. The molecule has 104 valence electrons. The van der Waals surface area contributed by atoms with E-state index < -0.39 is 0 Å². The molecule has 18 heavy (non-hydrogen) atoms. The summed E-state index contributed by atoms with van der Waals surface area (Å²) >= 11 is 0. The van der Waals surface area contributed by atoms with Crippen molar-refractivity contribution >= 4 is 5.91 Å². The molecule has 0 aromatic carbocycles. The van der Waals surface area contributed by atoms with Crippen LogP contribution in [-0.2, 0) is 9.53 Å². The fourth-order valence-electron chi connectivity index (χ4n) is 3.18. The maximum Gasteiger partial charge on any atom is 0.225 e. The number of ether oxygens (including phenoxy) is 1. The minimum absolute atomic E-state index is 0.172. The third-order valence-electron chi connectivity index (χ3n) is 4.23. The van der Waals surface area contributed by atoms with Crippen molar-refractivity contribution in [2.24, 2.45) is 17.6 Å². The fourth-order valence-corrected chi connectivity index (χ4v) is 3.18. The van der Waals surface area contributed by atoms with Gasteiger partial charge >= 0.3 is 0 Å². The van der Waals surface area contributed by atoms with E-state index in [9.17, 15) is 4.79 Å². The maximum atomic E-state index is 12.5. The number of nitrogens with two attached hydrogens (primary N) is 1. The van der Waals surface area contributed by atoms with Gasteiger partial charge in [-0.05, 0) is 45.1 Å². The van der Waals surface area contributed by atoms with Gasteiger partial charge in [-0.25, -0.2) is 0 Å². The van der Waals surface area contributed by atoms with E-state index in [1.54, 1.807) is 0 Å². The number of hydrogen-bond acceptors (Lipinski definition) is 3. The summed E-state index contributed by atoms with van der Waals surface area (Å²) in [5.74, 6) is 1.09. The number of nitrogens with zero attached hydrogens (tertiary/aromatic N) is 1. The average Bonchev–Trinajstić information content (AvgIpc) is 2.62. The Balaban J connectivity index is 1.92. The third-order valence-corrected chi connectivity index (χ3v) is 4.23. The van der Waals surface area contributed by atoms with Crippen LogP contribution in [0.4, 0.5) is 0 Å². The van der Waals surface area contributed by atoms with Gasteiger partial charge in [0.2, 0.25) is 5.91 Å². The first-order valence-electron chi connectivity index (χ1n) is 7.31. The highest BCUT2D eigenvalue weighted by Crippen LogP contribution is 2.30. The molecule has 0 aromatic heterocycles. The number of carbonyl (C=O) groups excluding carboxylic acids is 1. The van der Waals surface area contributed by atoms with Crippen molar-refractivity contribution in [2.45, 2.75) is 45.1 Å². The third kappa shape index (κ3) is 3.45. The predicted molar refractivity (Wildman–Crippen MR) is 71.1 cm³/mol. The molecule has 0 aromatic rings. The lowest BCUT2D eigenvalue weighted by molar-refractivity contribution is -0.137. The molecule has 1 saturated carbocycles. The Morgan fingerprint density at radius 3 is 3.00 bits per heavy atom. The Kier molecular flexibility index (Phi) is 5.01. The van der Waals surface area contributed by atoms with Gasteiger partial charge in [0.1, 0.15) is 0 Å². The zero-order valence-corrected chi connectivity index (χ0v) is 11.4. The second-order valence-corrected chi connectivity index (χ2v) is 5.78. The molecule has 1 saturated heterocycles. The quantitative estimate of drug-likeness (QED) is 0.810. The van der Waals surface area contributed by atoms with Crippen LogP contribution in [-0.4, -0.2) is 43.2 Å². The molecule has 0 spiro atoms. The Bertz CT molecular complexity index is 283. The topological polar surface area (TPSA) is 55.6 Å². The first kappa shape index (κ1) is 13.8. The highest BCUT2D eigenvalue weighted by Gasteiger charge is 2.30. The van der Waals surface area contributed by atoms with Gasteiger partial charge in [-0.1, -0.05) is 6.42 Å². The van der Waals surface area contributed by atoms with Crippen molar-refractivity contribution in [3.05, 3.63) is 0 Å². The first-order valence-corrected chi connectivity index (χ1v) is 7.31. The zero-order chi connectivity index (χ0) is 13.0. The van der Waals surface area contributed by atoms with Crippen molar-refractivity contribution in [1.29, 1.82) is 0 Å². The Hall–Kier alpha value is -0.610. The van der Waals surface area contributed by atoms with Crippen molar-refractivity contribution in [3.8, 4) is 0 Å². The van der Waals surface area contributed by atoms with E-state index in [0.717, 1.165) is 51.9 Å². The van der Waals surface area contributed by atoms with E-state index in [4.69, 9.17) is 10.5 Å². The highest BCUT2D eigenvalue weighted by molar-refractivity contribution is 5.79. The highest BCUT2D eigenvalue weighted by atomic mass is 16.5. The van der Waals surface area contributed by atoms with Crippen LogP contribution in [0.3, 0.4) is 0 Å². The molecule has 1 amide bonds. The van der Waals surface area contributed by atoms with E-state index >= 15 is 0 Å². The van der Waals surface area contributed by atoms with Crippen molar-refractivity contribution in [3.63, 3.8) is 0 Å². The second-order valence-electron chi connectivity index (χ2n) is 5.78. The van der Waals surface area contributed by atoms with E-state index in [1.807, 2.05) is 4.90 Å². The van der Waals surface area contributed by atoms with Crippen molar-refractivity contribution < 1.29 is 9.53 Å². The van der Waals surface area contributed by atoms with E-state index in [0.29, 0.717) is 11.8 Å². The fraction of sp³-hybridized carbons (Fsp3) is 0.929. The summed E-state index contributed by atoms with van der Waals surface area (Å²) in [5, 5.41) is 0. The predicted octanol–water partition coefficient (Wildman–Crippen LogP) is 1.39. The summed E-state index contributed by atoms with van der Waals surface area (Å²) in [6, 6.07) is 0. The van der Waals surface area contributed by atoms with E-state index in [2.05, 4.69) is 6.92 Å².